The van der Waals surface area contributed by atoms with E-state index in [9.17, 15) is 4.79 Å². The second-order valence-corrected chi connectivity index (χ2v) is 7.24. The highest BCUT2D eigenvalue weighted by atomic mass is 35.5. The molecule has 1 saturated carbocycles. The molecule has 0 bridgehead atoms. The zero-order valence-corrected chi connectivity index (χ0v) is 16.5. The van der Waals surface area contributed by atoms with E-state index in [2.05, 4.69) is 34.3 Å². The molecule has 2 heterocycles. The molecular formula is C18H30Cl2N4O. The van der Waals surface area contributed by atoms with Gasteiger partial charge in [-0.15, -0.1) is 24.8 Å². The Morgan fingerprint density at radius 1 is 1.28 bits per heavy atom. The van der Waals surface area contributed by atoms with E-state index >= 15 is 0 Å². The van der Waals surface area contributed by atoms with Crippen LogP contribution in [0, 0.1) is 5.92 Å². The van der Waals surface area contributed by atoms with Crippen LogP contribution in [-0.2, 0) is 11.3 Å². The van der Waals surface area contributed by atoms with E-state index in [1.165, 1.54) is 12.8 Å². The summed E-state index contributed by atoms with van der Waals surface area (Å²) in [5.41, 5.74) is 6.53. The van der Waals surface area contributed by atoms with Crippen LogP contribution in [0.25, 0.3) is 0 Å². The van der Waals surface area contributed by atoms with Crippen molar-refractivity contribution in [2.24, 2.45) is 11.7 Å². The molecule has 1 aliphatic carbocycles. The zero-order valence-electron chi connectivity index (χ0n) is 14.9. The van der Waals surface area contributed by atoms with Crippen molar-refractivity contribution in [2.45, 2.75) is 57.5 Å². The van der Waals surface area contributed by atoms with Gasteiger partial charge in [-0.2, -0.15) is 0 Å². The summed E-state index contributed by atoms with van der Waals surface area (Å²) in [6.07, 6.45) is 8.03. The van der Waals surface area contributed by atoms with Crippen LogP contribution in [0.1, 0.15) is 51.0 Å². The summed E-state index contributed by atoms with van der Waals surface area (Å²) in [5.74, 6) is 1.84. The van der Waals surface area contributed by atoms with Crippen LogP contribution < -0.4 is 16.0 Å². The number of hydrogen-bond acceptors (Lipinski definition) is 4. The van der Waals surface area contributed by atoms with Crippen molar-refractivity contribution in [3.05, 3.63) is 23.9 Å². The summed E-state index contributed by atoms with van der Waals surface area (Å²) in [6, 6.07) is 4.11. The predicted octanol–water partition coefficient (Wildman–Crippen LogP) is 3.05. The van der Waals surface area contributed by atoms with Crippen molar-refractivity contribution < 1.29 is 4.79 Å². The largest absolute Gasteiger partial charge is 0.357 e. The Morgan fingerprint density at radius 2 is 1.92 bits per heavy atom. The van der Waals surface area contributed by atoms with Crippen molar-refractivity contribution in [1.82, 2.24) is 10.3 Å². The number of piperidine rings is 1. The molecule has 0 atom stereocenters. The number of pyridine rings is 1. The fourth-order valence-electron chi connectivity index (χ4n) is 3.54. The molecule has 2 fully saturated rings. The molecule has 1 aromatic rings. The molecule has 5 nitrogen and oxygen atoms in total. The zero-order chi connectivity index (χ0) is 16.3. The Bertz CT molecular complexity index is 539. The highest BCUT2D eigenvalue weighted by molar-refractivity contribution is 5.86. The predicted molar refractivity (Wildman–Crippen MR) is 107 cm³/mol. The number of amides is 1. The Morgan fingerprint density at radius 3 is 2.48 bits per heavy atom. The number of carbonyl (C=O) groups excluding carboxylic acids is 1. The van der Waals surface area contributed by atoms with Crippen LogP contribution in [0.4, 0.5) is 5.82 Å². The number of anilines is 1. The average Bonchev–Trinajstić information content (AvgIpc) is 3.02. The van der Waals surface area contributed by atoms with Crippen molar-refractivity contribution in [3.8, 4) is 0 Å². The molecule has 3 rings (SSSR count). The minimum Gasteiger partial charge on any atom is -0.357 e. The fraction of sp³-hybridized carbons (Fsp3) is 0.667. The molecule has 25 heavy (non-hydrogen) atoms. The quantitative estimate of drug-likeness (QED) is 0.831. The number of rotatable bonds is 4. The molecule has 0 aromatic carbocycles. The van der Waals surface area contributed by atoms with Crippen molar-refractivity contribution in [1.29, 1.82) is 0 Å². The van der Waals surface area contributed by atoms with Crippen LogP contribution in [0.5, 0.6) is 0 Å². The van der Waals surface area contributed by atoms with Gasteiger partial charge in [0.1, 0.15) is 5.82 Å². The number of hydrogen-bond donors (Lipinski definition) is 2. The molecule has 0 radical (unpaired) electrons. The number of halogens is 2. The van der Waals surface area contributed by atoms with Crippen LogP contribution in [0.15, 0.2) is 18.3 Å². The maximum atomic E-state index is 12.2. The normalized spacial score (nSPS) is 19.7. The van der Waals surface area contributed by atoms with Crippen molar-refractivity contribution in [2.75, 3.05) is 18.0 Å². The summed E-state index contributed by atoms with van der Waals surface area (Å²) in [5, 5.41) is 2.97. The molecular weight excluding hydrogens is 359 g/mol. The third-order valence-electron chi connectivity index (χ3n) is 5.32. The Balaban J connectivity index is 0.00000156. The highest BCUT2D eigenvalue weighted by Gasteiger charge is 2.36. The van der Waals surface area contributed by atoms with Gasteiger partial charge in [0.2, 0.25) is 5.91 Å². The van der Waals surface area contributed by atoms with Crippen molar-refractivity contribution in [3.63, 3.8) is 0 Å². The van der Waals surface area contributed by atoms with Gasteiger partial charge in [-0.25, -0.2) is 4.98 Å². The topological polar surface area (TPSA) is 71.2 Å². The smallest absolute Gasteiger partial charge is 0.240 e. The summed E-state index contributed by atoms with van der Waals surface area (Å²) in [4.78, 5) is 19.1. The number of nitrogens with one attached hydrogen (secondary N) is 1. The second kappa shape index (κ2) is 9.60. The summed E-state index contributed by atoms with van der Waals surface area (Å²) in [6.45, 7) is 4.98. The molecule has 1 saturated heterocycles. The maximum absolute atomic E-state index is 12.2. The lowest BCUT2D eigenvalue weighted by Crippen LogP contribution is -2.51. The van der Waals surface area contributed by atoms with E-state index in [4.69, 9.17) is 5.73 Å². The SMILES string of the molecule is CC1CCN(c2ccc(CNC(=O)C3(N)CCCC3)cn2)CC1.Cl.Cl. The Kier molecular flexibility index (Phi) is 8.45. The van der Waals surface area contributed by atoms with Crippen LogP contribution in [0.2, 0.25) is 0 Å². The lowest BCUT2D eigenvalue weighted by Gasteiger charge is -2.31. The molecule has 1 aliphatic heterocycles. The lowest BCUT2D eigenvalue weighted by atomic mass is 9.98. The minimum atomic E-state index is -0.655. The molecule has 0 spiro atoms. The number of carbonyl (C=O) groups is 1. The average molecular weight is 389 g/mol. The lowest BCUT2D eigenvalue weighted by molar-refractivity contribution is -0.126. The van der Waals surface area contributed by atoms with Gasteiger partial charge in [-0.05, 0) is 43.2 Å². The number of nitrogens with zero attached hydrogens (tertiary/aromatic N) is 2. The summed E-state index contributed by atoms with van der Waals surface area (Å²) in [7, 11) is 0. The molecule has 3 N–H and O–H groups in total. The summed E-state index contributed by atoms with van der Waals surface area (Å²) >= 11 is 0. The first-order valence-electron chi connectivity index (χ1n) is 8.84. The maximum Gasteiger partial charge on any atom is 0.240 e. The Labute approximate surface area is 163 Å². The van der Waals surface area contributed by atoms with E-state index in [-0.39, 0.29) is 30.7 Å². The van der Waals surface area contributed by atoms with Gasteiger partial charge in [0.05, 0.1) is 5.54 Å². The molecule has 1 amide bonds. The van der Waals surface area contributed by atoms with Gasteiger partial charge >= 0.3 is 0 Å². The van der Waals surface area contributed by atoms with Gasteiger partial charge in [-0.1, -0.05) is 25.8 Å². The first-order chi connectivity index (χ1) is 11.1. The van der Waals surface area contributed by atoms with Gasteiger partial charge in [0.25, 0.3) is 0 Å². The standard InChI is InChI=1S/C18H28N4O.2ClH/c1-14-6-10-22(11-7-14)16-5-4-15(12-20-16)13-21-17(23)18(19)8-2-3-9-18;;/h4-5,12,14H,2-3,6-11,13,19H2,1H3,(H,21,23);2*1H. The third-order valence-corrected chi connectivity index (χ3v) is 5.32. The summed E-state index contributed by atoms with van der Waals surface area (Å²) < 4.78 is 0. The Hall–Kier alpha value is -1.04. The van der Waals surface area contributed by atoms with E-state index in [0.29, 0.717) is 6.54 Å². The first kappa shape index (κ1) is 22.0. The van der Waals surface area contributed by atoms with E-state index < -0.39 is 5.54 Å². The van der Waals surface area contributed by atoms with E-state index in [0.717, 1.165) is 56.1 Å². The fourth-order valence-corrected chi connectivity index (χ4v) is 3.54. The van der Waals surface area contributed by atoms with Crippen LogP contribution >= 0.6 is 24.8 Å². The first-order valence-corrected chi connectivity index (χ1v) is 8.84. The number of aromatic nitrogens is 1. The van der Waals surface area contributed by atoms with Gasteiger partial charge in [-0.3, -0.25) is 4.79 Å². The third kappa shape index (κ3) is 5.47. The van der Waals surface area contributed by atoms with Gasteiger partial charge < -0.3 is 16.0 Å². The number of nitrogens with two attached hydrogens (primary N) is 1. The molecule has 0 unspecified atom stereocenters. The minimum absolute atomic E-state index is 0. The van der Waals surface area contributed by atoms with Crippen molar-refractivity contribution >= 4 is 36.5 Å². The van der Waals surface area contributed by atoms with Crippen LogP contribution in [0.3, 0.4) is 0 Å². The van der Waals surface area contributed by atoms with Gasteiger partial charge in [0.15, 0.2) is 0 Å². The second-order valence-electron chi connectivity index (χ2n) is 7.24. The van der Waals surface area contributed by atoms with Crippen LogP contribution in [-0.4, -0.2) is 29.5 Å². The molecule has 7 heteroatoms. The molecule has 142 valence electrons. The molecule has 2 aliphatic rings. The highest BCUT2D eigenvalue weighted by Crippen LogP contribution is 2.27. The van der Waals surface area contributed by atoms with E-state index in [1.807, 2.05) is 6.20 Å². The monoisotopic (exact) mass is 388 g/mol. The molecule has 1 aromatic heterocycles. The van der Waals surface area contributed by atoms with E-state index in [1.54, 1.807) is 0 Å². The van der Waals surface area contributed by atoms with Gasteiger partial charge in [0, 0.05) is 25.8 Å².